The summed E-state index contributed by atoms with van der Waals surface area (Å²) in [6, 6.07) is 0.443. The zero-order chi connectivity index (χ0) is 13.5. The van der Waals surface area contributed by atoms with Gasteiger partial charge in [-0.2, -0.15) is 0 Å². The first-order valence-corrected chi connectivity index (χ1v) is 7.41. The first kappa shape index (κ1) is 15.2. The topological polar surface area (TPSA) is 30.7 Å². The molecule has 0 fully saturated rings. The Hall–Kier alpha value is -0.860. The van der Waals surface area contributed by atoms with Crippen LogP contribution in [0.15, 0.2) is 6.20 Å². The zero-order valence-electron chi connectivity index (χ0n) is 12.7. The standard InChI is InChI=1S/C15H29N3/c1-12(2)9-7-6-8-10-15-11-16-17-18(15)14(5)13(3)4/h11-14H,6-10H2,1-5H3. The molecule has 0 aliphatic carbocycles. The number of hydrogen-bond donors (Lipinski definition) is 0. The second-order valence-electron chi connectivity index (χ2n) is 6.15. The Kier molecular flexibility index (Phi) is 6.37. The van der Waals surface area contributed by atoms with E-state index in [1.54, 1.807) is 0 Å². The lowest BCUT2D eigenvalue weighted by Crippen LogP contribution is -2.15. The van der Waals surface area contributed by atoms with Crippen LogP contribution >= 0.6 is 0 Å². The quantitative estimate of drug-likeness (QED) is 0.646. The van der Waals surface area contributed by atoms with Crippen LogP contribution in [0.3, 0.4) is 0 Å². The smallest absolute Gasteiger partial charge is 0.0725 e. The van der Waals surface area contributed by atoms with E-state index in [2.05, 4.69) is 49.6 Å². The molecule has 0 saturated carbocycles. The van der Waals surface area contributed by atoms with Crippen LogP contribution in [0.25, 0.3) is 0 Å². The van der Waals surface area contributed by atoms with Gasteiger partial charge in [0, 0.05) is 0 Å². The van der Waals surface area contributed by atoms with Crippen molar-refractivity contribution in [2.75, 3.05) is 0 Å². The molecule has 0 aliphatic heterocycles. The van der Waals surface area contributed by atoms with Crippen LogP contribution in [-0.2, 0) is 6.42 Å². The fourth-order valence-corrected chi connectivity index (χ4v) is 2.10. The minimum atomic E-state index is 0.443. The maximum absolute atomic E-state index is 4.23. The van der Waals surface area contributed by atoms with Crippen LogP contribution in [0.4, 0.5) is 0 Å². The van der Waals surface area contributed by atoms with Crippen LogP contribution in [0.5, 0.6) is 0 Å². The average molecular weight is 251 g/mol. The maximum Gasteiger partial charge on any atom is 0.0725 e. The Morgan fingerprint density at radius 2 is 1.78 bits per heavy atom. The van der Waals surface area contributed by atoms with Crippen LogP contribution in [0, 0.1) is 11.8 Å². The molecular formula is C15H29N3. The first-order chi connectivity index (χ1) is 8.52. The normalized spacial score (nSPS) is 13.5. The predicted octanol–water partition coefficient (Wildman–Crippen LogP) is 4.25. The molecule has 1 unspecified atom stereocenters. The molecule has 104 valence electrons. The number of unbranched alkanes of at least 4 members (excludes halogenated alkanes) is 2. The highest BCUT2D eigenvalue weighted by Gasteiger charge is 2.14. The molecule has 1 heterocycles. The first-order valence-electron chi connectivity index (χ1n) is 7.41. The second-order valence-corrected chi connectivity index (χ2v) is 6.15. The maximum atomic E-state index is 4.23. The van der Waals surface area contributed by atoms with Crippen molar-refractivity contribution in [1.82, 2.24) is 15.0 Å². The Morgan fingerprint density at radius 3 is 2.39 bits per heavy atom. The molecule has 0 N–H and O–H groups in total. The van der Waals surface area contributed by atoms with Gasteiger partial charge in [-0.05, 0) is 31.6 Å². The average Bonchev–Trinajstić information content (AvgIpc) is 2.75. The largest absolute Gasteiger partial charge is 0.246 e. The van der Waals surface area contributed by atoms with Crippen molar-refractivity contribution < 1.29 is 0 Å². The van der Waals surface area contributed by atoms with E-state index in [9.17, 15) is 0 Å². The summed E-state index contributed by atoms with van der Waals surface area (Å²) in [5, 5.41) is 8.30. The molecule has 3 heteroatoms. The highest BCUT2D eigenvalue weighted by atomic mass is 15.4. The molecule has 0 aliphatic rings. The third-order valence-corrected chi connectivity index (χ3v) is 3.71. The van der Waals surface area contributed by atoms with Crippen molar-refractivity contribution in [3.8, 4) is 0 Å². The lowest BCUT2D eigenvalue weighted by molar-refractivity contribution is 0.356. The van der Waals surface area contributed by atoms with Crippen LogP contribution in [-0.4, -0.2) is 15.0 Å². The molecule has 0 aromatic carbocycles. The molecule has 0 spiro atoms. The van der Waals surface area contributed by atoms with E-state index >= 15 is 0 Å². The monoisotopic (exact) mass is 251 g/mol. The summed E-state index contributed by atoms with van der Waals surface area (Å²) in [4.78, 5) is 0. The number of hydrogen-bond acceptors (Lipinski definition) is 2. The van der Waals surface area contributed by atoms with Crippen molar-refractivity contribution in [3.05, 3.63) is 11.9 Å². The van der Waals surface area contributed by atoms with Crippen molar-refractivity contribution in [3.63, 3.8) is 0 Å². The number of aromatic nitrogens is 3. The third-order valence-electron chi connectivity index (χ3n) is 3.71. The molecule has 1 aromatic rings. The minimum Gasteiger partial charge on any atom is -0.246 e. The van der Waals surface area contributed by atoms with E-state index in [0.29, 0.717) is 12.0 Å². The zero-order valence-corrected chi connectivity index (χ0v) is 12.7. The van der Waals surface area contributed by atoms with Gasteiger partial charge in [0.1, 0.15) is 0 Å². The summed E-state index contributed by atoms with van der Waals surface area (Å²) in [5.41, 5.74) is 1.29. The Balaban J connectivity index is 2.36. The molecule has 0 radical (unpaired) electrons. The van der Waals surface area contributed by atoms with Crippen LogP contribution in [0.2, 0.25) is 0 Å². The van der Waals surface area contributed by atoms with Crippen molar-refractivity contribution in [2.24, 2.45) is 11.8 Å². The van der Waals surface area contributed by atoms with Crippen molar-refractivity contribution in [2.45, 2.75) is 72.8 Å². The van der Waals surface area contributed by atoms with Crippen molar-refractivity contribution in [1.29, 1.82) is 0 Å². The summed E-state index contributed by atoms with van der Waals surface area (Å²) in [6.45, 7) is 11.3. The fraction of sp³-hybridized carbons (Fsp3) is 0.867. The van der Waals surface area contributed by atoms with Gasteiger partial charge in [0.25, 0.3) is 0 Å². The van der Waals surface area contributed by atoms with E-state index in [0.717, 1.165) is 12.3 Å². The van der Waals surface area contributed by atoms with Gasteiger partial charge in [-0.15, -0.1) is 5.10 Å². The summed E-state index contributed by atoms with van der Waals surface area (Å²) in [5.74, 6) is 1.43. The molecule has 1 aromatic heterocycles. The molecular weight excluding hydrogens is 222 g/mol. The fourth-order valence-electron chi connectivity index (χ4n) is 2.10. The molecule has 18 heavy (non-hydrogen) atoms. The minimum absolute atomic E-state index is 0.443. The highest BCUT2D eigenvalue weighted by Crippen LogP contribution is 2.18. The number of rotatable bonds is 8. The van der Waals surface area contributed by atoms with Gasteiger partial charge in [0.2, 0.25) is 0 Å². The second kappa shape index (κ2) is 7.55. The van der Waals surface area contributed by atoms with Gasteiger partial charge in [-0.3, -0.25) is 0 Å². The van der Waals surface area contributed by atoms with Gasteiger partial charge in [0.05, 0.1) is 17.9 Å². The van der Waals surface area contributed by atoms with Gasteiger partial charge in [0.15, 0.2) is 0 Å². The lowest BCUT2D eigenvalue weighted by Gasteiger charge is -2.18. The molecule has 0 saturated heterocycles. The molecule has 0 amide bonds. The van der Waals surface area contributed by atoms with Gasteiger partial charge < -0.3 is 0 Å². The van der Waals surface area contributed by atoms with Gasteiger partial charge in [-0.1, -0.05) is 52.2 Å². The van der Waals surface area contributed by atoms with E-state index in [-0.39, 0.29) is 0 Å². The summed E-state index contributed by atoms with van der Waals surface area (Å²) < 4.78 is 2.10. The number of aryl methyl sites for hydroxylation is 1. The van der Waals surface area contributed by atoms with E-state index in [1.165, 1.54) is 31.4 Å². The molecule has 0 bridgehead atoms. The molecule has 3 nitrogen and oxygen atoms in total. The lowest BCUT2D eigenvalue weighted by atomic mass is 10.0. The third kappa shape index (κ3) is 4.79. The Labute approximate surface area is 112 Å². The van der Waals surface area contributed by atoms with E-state index < -0.39 is 0 Å². The summed E-state index contributed by atoms with van der Waals surface area (Å²) in [7, 11) is 0. The molecule has 1 atom stereocenters. The highest BCUT2D eigenvalue weighted by molar-refractivity contribution is 4.96. The van der Waals surface area contributed by atoms with Gasteiger partial charge in [-0.25, -0.2) is 4.68 Å². The summed E-state index contributed by atoms with van der Waals surface area (Å²) in [6.07, 6.45) is 8.31. The van der Waals surface area contributed by atoms with Gasteiger partial charge >= 0.3 is 0 Å². The van der Waals surface area contributed by atoms with E-state index in [4.69, 9.17) is 0 Å². The summed E-state index contributed by atoms with van der Waals surface area (Å²) >= 11 is 0. The SMILES string of the molecule is CC(C)CCCCCc1cnnn1C(C)C(C)C. The molecule has 1 rings (SSSR count). The van der Waals surface area contributed by atoms with Crippen LogP contribution < -0.4 is 0 Å². The Bertz CT molecular complexity index is 328. The van der Waals surface area contributed by atoms with Crippen molar-refractivity contribution >= 4 is 0 Å². The number of nitrogens with zero attached hydrogens (tertiary/aromatic N) is 3. The predicted molar refractivity (Wildman–Crippen MR) is 76.6 cm³/mol. The Morgan fingerprint density at radius 1 is 1.06 bits per heavy atom. The van der Waals surface area contributed by atoms with Crippen LogP contribution in [0.1, 0.15) is 72.0 Å². The van der Waals surface area contributed by atoms with E-state index in [1.807, 2.05) is 6.20 Å².